The first-order valence-corrected chi connectivity index (χ1v) is 9.18. The normalized spacial score (nSPS) is 11.2. The van der Waals surface area contributed by atoms with Gasteiger partial charge in [0.1, 0.15) is 5.82 Å². The molecule has 1 aromatic carbocycles. The number of nitrogens with one attached hydrogen (secondary N) is 2. The molecule has 0 radical (unpaired) electrons. The summed E-state index contributed by atoms with van der Waals surface area (Å²) in [5.74, 6) is 1.13. The molecular formula is C15H20N6O4S. The van der Waals surface area contributed by atoms with Gasteiger partial charge in [-0.05, 0) is 13.0 Å². The highest BCUT2D eigenvalue weighted by molar-refractivity contribution is 7.89. The molecule has 0 spiro atoms. The largest absolute Gasteiger partial charge is 0.363 e. The number of non-ortho nitro benzene ring substituents is 1. The van der Waals surface area contributed by atoms with Gasteiger partial charge >= 0.3 is 0 Å². The zero-order valence-corrected chi connectivity index (χ0v) is 15.4. The summed E-state index contributed by atoms with van der Waals surface area (Å²) in [7, 11) is -0.124. The topological polar surface area (TPSA) is 130 Å². The predicted octanol–water partition coefficient (Wildman–Crippen LogP) is 1.15. The van der Waals surface area contributed by atoms with Gasteiger partial charge in [-0.3, -0.25) is 10.1 Å². The van der Waals surface area contributed by atoms with Gasteiger partial charge < -0.3 is 10.2 Å². The van der Waals surface area contributed by atoms with Gasteiger partial charge in [-0.2, -0.15) is 4.98 Å². The molecule has 10 nitrogen and oxygen atoms in total. The maximum absolute atomic E-state index is 12.2. The second-order valence-corrected chi connectivity index (χ2v) is 7.43. The Morgan fingerprint density at radius 3 is 2.58 bits per heavy atom. The van der Waals surface area contributed by atoms with Crippen molar-refractivity contribution in [1.29, 1.82) is 0 Å². The van der Waals surface area contributed by atoms with Gasteiger partial charge in [-0.15, -0.1) is 0 Å². The summed E-state index contributed by atoms with van der Waals surface area (Å²) in [4.78, 5) is 20.3. The molecule has 0 aliphatic carbocycles. The fourth-order valence-electron chi connectivity index (χ4n) is 2.07. The Balaban J connectivity index is 1.97. The van der Waals surface area contributed by atoms with E-state index < -0.39 is 14.9 Å². The number of anilines is 2. The maximum atomic E-state index is 12.2. The van der Waals surface area contributed by atoms with Crippen LogP contribution in [0, 0.1) is 17.0 Å². The van der Waals surface area contributed by atoms with Gasteiger partial charge in [-0.25, -0.2) is 18.1 Å². The SMILES string of the molecule is Cc1cc(N(C)C)nc(NCCNS(=O)(=O)c2cccc([N+](=O)[O-])c2)n1. The van der Waals surface area contributed by atoms with Crippen molar-refractivity contribution in [2.24, 2.45) is 0 Å². The first kappa shape index (κ1) is 19.5. The first-order valence-electron chi connectivity index (χ1n) is 7.70. The summed E-state index contributed by atoms with van der Waals surface area (Å²) in [6, 6.07) is 6.71. The number of nitrogens with zero attached hydrogens (tertiary/aromatic N) is 4. The predicted molar refractivity (Wildman–Crippen MR) is 97.9 cm³/mol. The van der Waals surface area contributed by atoms with Crippen LogP contribution in [0.3, 0.4) is 0 Å². The number of rotatable bonds is 8. The highest BCUT2D eigenvalue weighted by atomic mass is 32.2. The van der Waals surface area contributed by atoms with E-state index in [1.54, 1.807) is 0 Å². The molecule has 1 heterocycles. The van der Waals surface area contributed by atoms with Gasteiger partial charge in [0, 0.05) is 51.1 Å². The third-order valence-corrected chi connectivity index (χ3v) is 4.80. The van der Waals surface area contributed by atoms with E-state index in [1.165, 1.54) is 18.2 Å². The zero-order valence-electron chi connectivity index (χ0n) is 14.6. The van der Waals surface area contributed by atoms with Crippen molar-refractivity contribution in [3.63, 3.8) is 0 Å². The molecule has 0 saturated carbocycles. The van der Waals surface area contributed by atoms with Crippen LogP contribution < -0.4 is 14.9 Å². The van der Waals surface area contributed by atoms with Crippen LogP contribution in [0.4, 0.5) is 17.5 Å². The minimum Gasteiger partial charge on any atom is -0.363 e. The molecule has 2 rings (SSSR count). The molecule has 11 heteroatoms. The van der Waals surface area contributed by atoms with Crippen LogP contribution in [0.5, 0.6) is 0 Å². The molecule has 0 fully saturated rings. The fraction of sp³-hybridized carbons (Fsp3) is 0.333. The summed E-state index contributed by atoms with van der Waals surface area (Å²) in [5.41, 5.74) is 0.499. The number of nitro benzene ring substituents is 1. The zero-order chi connectivity index (χ0) is 19.3. The summed E-state index contributed by atoms with van der Waals surface area (Å²) in [6.45, 7) is 2.16. The molecule has 26 heavy (non-hydrogen) atoms. The average Bonchev–Trinajstić information content (AvgIpc) is 2.58. The van der Waals surface area contributed by atoms with E-state index in [4.69, 9.17) is 0 Å². The second-order valence-electron chi connectivity index (χ2n) is 5.66. The van der Waals surface area contributed by atoms with Crippen LogP contribution in [-0.2, 0) is 10.0 Å². The lowest BCUT2D eigenvalue weighted by molar-refractivity contribution is -0.385. The molecule has 2 N–H and O–H groups in total. The number of benzene rings is 1. The van der Waals surface area contributed by atoms with Crippen molar-refractivity contribution in [1.82, 2.24) is 14.7 Å². The summed E-state index contributed by atoms with van der Waals surface area (Å²) in [5, 5.41) is 13.7. The van der Waals surface area contributed by atoms with Crippen molar-refractivity contribution in [2.75, 3.05) is 37.4 Å². The van der Waals surface area contributed by atoms with Crippen molar-refractivity contribution in [2.45, 2.75) is 11.8 Å². The molecule has 0 aliphatic rings. The van der Waals surface area contributed by atoms with Gasteiger partial charge in [0.15, 0.2) is 0 Å². The average molecular weight is 380 g/mol. The molecule has 0 bridgehead atoms. The number of nitro groups is 1. The van der Waals surface area contributed by atoms with Crippen LogP contribution in [0.2, 0.25) is 0 Å². The van der Waals surface area contributed by atoms with Crippen LogP contribution in [-0.4, -0.2) is 50.5 Å². The number of hydrogen-bond donors (Lipinski definition) is 2. The van der Waals surface area contributed by atoms with E-state index in [1.807, 2.05) is 32.0 Å². The summed E-state index contributed by atoms with van der Waals surface area (Å²) in [6.07, 6.45) is 0. The van der Waals surface area contributed by atoms with E-state index in [-0.39, 0.29) is 23.7 Å². The van der Waals surface area contributed by atoms with E-state index in [9.17, 15) is 18.5 Å². The molecule has 0 atom stereocenters. The monoisotopic (exact) mass is 380 g/mol. The second kappa shape index (κ2) is 8.06. The molecule has 1 aromatic heterocycles. The van der Waals surface area contributed by atoms with E-state index in [0.717, 1.165) is 17.6 Å². The van der Waals surface area contributed by atoms with Gasteiger partial charge in [0.2, 0.25) is 16.0 Å². The molecule has 0 amide bonds. The van der Waals surface area contributed by atoms with Crippen LogP contribution in [0.15, 0.2) is 35.2 Å². The molecule has 0 saturated heterocycles. The molecule has 0 unspecified atom stereocenters. The van der Waals surface area contributed by atoms with E-state index in [0.29, 0.717) is 5.95 Å². The van der Waals surface area contributed by atoms with Gasteiger partial charge in [0.25, 0.3) is 5.69 Å². The number of aryl methyl sites for hydroxylation is 1. The smallest absolute Gasteiger partial charge is 0.270 e. The first-order chi connectivity index (χ1) is 12.2. The summed E-state index contributed by atoms with van der Waals surface area (Å²) < 4.78 is 26.8. The lowest BCUT2D eigenvalue weighted by Gasteiger charge is -2.14. The third kappa shape index (κ3) is 5.10. The van der Waals surface area contributed by atoms with E-state index in [2.05, 4.69) is 20.0 Å². The Labute approximate surface area is 151 Å². The Morgan fingerprint density at radius 2 is 1.92 bits per heavy atom. The van der Waals surface area contributed by atoms with E-state index >= 15 is 0 Å². The Bertz CT molecular complexity index is 901. The molecule has 2 aromatic rings. The minimum absolute atomic E-state index is 0.0691. The lowest BCUT2D eigenvalue weighted by atomic mass is 10.3. The van der Waals surface area contributed by atoms with Crippen molar-refractivity contribution in [3.05, 3.63) is 46.1 Å². The Hall–Kier alpha value is -2.79. The quantitative estimate of drug-likeness (QED) is 0.396. The minimum atomic E-state index is -3.84. The maximum Gasteiger partial charge on any atom is 0.270 e. The number of aromatic nitrogens is 2. The van der Waals surface area contributed by atoms with Crippen LogP contribution in [0.25, 0.3) is 0 Å². The Morgan fingerprint density at radius 1 is 1.19 bits per heavy atom. The van der Waals surface area contributed by atoms with Crippen LogP contribution >= 0.6 is 0 Å². The van der Waals surface area contributed by atoms with Crippen molar-refractivity contribution >= 4 is 27.5 Å². The third-order valence-electron chi connectivity index (χ3n) is 3.34. The molecule has 140 valence electrons. The fourth-order valence-corrected chi connectivity index (χ4v) is 3.14. The highest BCUT2D eigenvalue weighted by Gasteiger charge is 2.17. The van der Waals surface area contributed by atoms with Crippen molar-refractivity contribution < 1.29 is 13.3 Å². The highest BCUT2D eigenvalue weighted by Crippen LogP contribution is 2.17. The molecular weight excluding hydrogens is 360 g/mol. The Kier molecular flexibility index (Phi) is 6.05. The standard InChI is InChI=1S/C15H20N6O4S/c1-11-9-14(20(2)3)19-15(18-11)16-7-8-17-26(24,25)13-6-4-5-12(10-13)21(22)23/h4-6,9-10,17H,7-8H2,1-3H3,(H,16,18,19). The number of sulfonamides is 1. The number of hydrogen-bond acceptors (Lipinski definition) is 8. The van der Waals surface area contributed by atoms with Gasteiger partial charge in [-0.1, -0.05) is 6.07 Å². The van der Waals surface area contributed by atoms with Crippen LogP contribution in [0.1, 0.15) is 5.69 Å². The van der Waals surface area contributed by atoms with Gasteiger partial charge in [0.05, 0.1) is 9.82 Å². The lowest BCUT2D eigenvalue weighted by Crippen LogP contribution is -2.29. The van der Waals surface area contributed by atoms with Crippen molar-refractivity contribution in [3.8, 4) is 0 Å². The summed E-state index contributed by atoms with van der Waals surface area (Å²) >= 11 is 0. The molecule has 0 aliphatic heterocycles.